The predicted molar refractivity (Wildman–Crippen MR) is 78.5 cm³/mol. The van der Waals surface area contributed by atoms with E-state index in [9.17, 15) is 13.2 Å². The van der Waals surface area contributed by atoms with Crippen LogP contribution in [-0.4, -0.2) is 30.2 Å². The summed E-state index contributed by atoms with van der Waals surface area (Å²) in [4.78, 5) is 0. The fourth-order valence-electron chi connectivity index (χ4n) is 1.68. The van der Waals surface area contributed by atoms with Crippen LogP contribution >= 0.6 is 11.8 Å². The van der Waals surface area contributed by atoms with Gasteiger partial charge in [0.25, 0.3) is 5.22 Å². The summed E-state index contributed by atoms with van der Waals surface area (Å²) in [7, 11) is 3.02. The number of nitrogens with zero attached hydrogens (tertiary/aromatic N) is 2. The van der Waals surface area contributed by atoms with E-state index in [4.69, 9.17) is 13.9 Å². The van der Waals surface area contributed by atoms with Crippen LogP contribution < -0.4 is 9.47 Å². The van der Waals surface area contributed by atoms with Crippen molar-refractivity contribution in [1.29, 1.82) is 0 Å². The molecule has 2 aromatic rings. The molecule has 0 unspecified atom stereocenters. The van der Waals surface area contributed by atoms with Crippen LogP contribution in [0.5, 0.6) is 11.5 Å². The lowest BCUT2D eigenvalue weighted by molar-refractivity contribution is 0.355. The van der Waals surface area contributed by atoms with E-state index >= 15 is 0 Å². The van der Waals surface area contributed by atoms with Crippen molar-refractivity contribution < 1.29 is 27.1 Å². The Morgan fingerprint density at radius 3 is 2.52 bits per heavy atom. The Labute approximate surface area is 134 Å². The van der Waals surface area contributed by atoms with Crippen molar-refractivity contribution in [3.05, 3.63) is 30.1 Å². The highest BCUT2D eigenvalue weighted by Gasteiger charge is 2.13. The van der Waals surface area contributed by atoms with E-state index in [2.05, 4.69) is 10.2 Å². The average molecular weight is 346 g/mol. The Kier molecular flexibility index (Phi) is 5.91. The Balaban J connectivity index is 2.06. The maximum atomic E-state index is 12.7. The molecule has 0 radical (unpaired) electrons. The highest BCUT2D eigenvalue weighted by molar-refractivity contribution is 7.99. The summed E-state index contributed by atoms with van der Waals surface area (Å²) >= 11 is 0.996. The molecule has 0 amide bonds. The van der Waals surface area contributed by atoms with Crippen molar-refractivity contribution >= 4 is 11.8 Å². The number of allylic oxidation sites excluding steroid dienone is 1. The first-order valence-electron chi connectivity index (χ1n) is 6.43. The van der Waals surface area contributed by atoms with Gasteiger partial charge in [-0.2, -0.15) is 8.78 Å². The van der Waals surface area contributed by atoms with E-state index in [1.54, 1.807) is 18.2 Å². The number of thioether (sulfide) groups is 1. The molecule has 0 spiro atoms. The molecule has 0 aliphatic rings. The third-order valence-electron chi connectivity index (χ3n) is 2.79. The maximum Gasteiger partial charge on any atom is 0.301 e. The molecule has 0 atom stereocenters. The van der Waals surface area contributed by atoms with Gasteiger partial charge in [0, 0.05) is 17.7 Å². The molecule has 0 bridgehead atoms. The number of hydrogen-bond donors (Lipinski definition) is 0. The molecule has 1 aromatic carbocycles. The molecule has 0 N–H and O–H groups in total. The molecule has 0 aliphatic heterocycles. The summed E-state index contributed by atoms with van der Waals surface area (Å²) in [6.45, 7) is 0. The quantitative estimate of drug-likeness (QED) is 0.696. The second-order valence-electron chi connectivity index (χ2n) is 4.21. The molecular formula is C14H13F3N2O3S. The van der Waals surface area contributed by atoms with Crippen LogP contribution in [0.1, 0.15) is 6.42 Å². The van der Waals surface area contributed by atoms with E-state index in [-0.39, 0.29) is 16.9 Å². The van der Waals surface area contributed by atoms with Crippen molar-refractivity contribution in [2.75, 3.05) is 20.0 Å². The van der Waals surface area contributed by atoms with Gasteiger partial charge < -0.3 is 13.9 Å². The Morgan fingerprint density at radius 1 is 1.13 bits per heavy atom. The summed E-state index contributed by atoms with van der Waals surface area (Å²) in [6.07, 6.45) is -2.71. The molecule has 0 aliphatic carbocycles. The van der Waals surface area contributed by atoms with Crippen molar-refractivity contribution in [3.63, 3.8) is 0 Å². The van der Waals surface area contributed by atoms with Crippen LogP contribution in [0.2, 0.25) is 0 Å². The van der Waals surface area contributed by atoms with Gasteiger partial charge in [0.05, 0.1) is 14.2 Å². The van der Waals surface area contributed by atoms with Crippen molar-refractivity contribution in [2.24, 2.45) is 0 Å². The van der Waals surface area contributed by atoms with Crippen molar-refractivity contribution in [2.45, 2.75) is 11.6 Å². The SMILES string of the molecule is COc1ccc(-c2nnc(SCCC(F)=C(F)F)o2)cc1OC. The first-order chi connectivity index (χ1) is 11.0. The zero-order valence-electron chi connectivity index (χ0n) is 12.3. The molecule has 2 rings (SSSR count). The molecule has 5 nitrogen and oxygen atoms in total. The Hall–Kier alpha value is -2.16. The summed E-state index contributed by atoms with van der Waals surface area (Å²) in [6, 6.07) is 5.07. The zero-order chi connectivity index (χ0) is 16.8. The minimum atomic E-state index is -2.30. The first-order valence-corrected chi connectivity index (χ1v) is 7.42. The Bertz CT molecular complexity index is 702. The molecule has 1 aromatic heterocycles. The number of methoxy groups -OCH3 is 2. The smallest absolute Gasteiger partial charge is 0.301 e. The number of benzene rings is 1. The molecule has 23 heavy (non-hydrogen) atoms. The van der Waals surface area contributed by atoms with Crippen molar-refractivity contribution in [3.8, 4) is 23.0 Å². The van der Waals surface area contributed by atoms with Crippen LogP contribution in [-0.2, 0) is 0 Å². The van der Waals surface area contributed by atoms with Gasteiger partial charge in [0.2, 0.25) is 5.89 Å². The highest BCUT2D eigenvalue weighted by atomic mass is 32.2. The van der Waals surface area contributed by atoms with Crippen LogP contribution in [0.4, 0.5) is 13.2 Å². The maximum absolute atomic E-state index is 12.7. The van der Waals surface area contributed by atoms with E-state index < -0.39 is 18.3 Å². The number of hydrogen-bond acceptors (Lipinski definition) is 6. The minimum Gasteiger partial charge on any atom is -0.493 e. The number of aromatic nitrogens is 2. The molecule has 124 valence electrons. The zero-order valence-corrected chi connectivity index (χ0v) is 13.1. The molecule has 1 heterocycles. The summed E-state index contributed by atoms with van der Waals surface area (Å²) < 4.78 is 52.3. The summed E-state index contributed by atoms with van der Waals surface area (Å²) in [5, 5.41) is 7.81. The Morgan fingerprint density at radius 2 is 1.87 bits per heavy atom. The lowest BCUT2D eigenvalue weighted by atomic mass is 10.2. The van der Waals surface area contributed by atoms with Gasteiger partial charge in [-0.25, -0.2) is 4.39 Å². The van der Waals surface area contributed by atoms with Gasteiger partial charge in [0.15, 0.2) is 17.3 Å². The summed E-state index contributed by atoms with van der Waals surface area (Å²) in [5.41, 5.74) is 0.614. The number of halogens is 3. The topological polar surface area (TPSA) is 57.4 Å². The monoisotopic (exact) mass is 346 g/mol. The normalized spacial score (nSPS) is 10.5. The fraction of sp³-hybridized carbons (Fsp3) is 0.286. The highest BCUT2D eigenvalue weighted by Crippen LogP contribution is 2.32. The van der Waals surface area contributed by atoms with Gasteiger partial charge in [-0.05, 0) is 18.2 Å². The van der Waals surface area contributed by atoms with Crippen LogP contribution in [0.15, 0.2) is 39.7 Å². The second-order valence-corrected chi connectivity index (χ2v) is 5.25. The van der Waals surface area contributed by atoms with Crippen molar-refractivity contribution in [1.82, 2.24) is 10.2 Å². The third kappa shape index (κ3) is 4.41. The van der Waals surface area contributed by atoms with E-state index in [0.717, 1.165) is 11.8 Å². The van der Waals surface area contributed by atoms with Gasteiger partial charge in [-0.15, -0.1) is 10.2 Å². The lowest BCUT2D eigenvalue weighted by Gasteiger charge is -2.07. The van der Waals surface area contributed by atoms with E-state index in [1.165, 1.54) is 14.2 Å². The minimum absolute atomic E-state index is 0.0662. The van der Waals surface area contributed by atoms with E-state index in [0.29, 0.717) is 17.1 Å². The lowest BCUT2D eigenvalue weighted by Crippen LogP contribution is -1.90. The van der Waals surface area contributed by atoms with Gasteiger partial charge in [-0.3, -0.25) is 0 Å². The fourth-order valence-corrected chi connectivity index (χ4v) is 2.37. The molecule has 0 fully saturated rings. The first kappa shape index (κ1) is 17.2. The standard InChI is InChI=1S/C14H13F3N2O3S/c1-20-10-4-3-8(7-11(10)21-2)13-18-19-14(22-13)23-6-5-9(15)12(16)17/h3-4,7H,5-6H2,1-2H3. The predicted octanol–water partition coefficient (Wildman–Crippen LogP) is 4.31. The number of ether oxygens (including phenoxy) is 2. The van der Waals surface area contributed by atoms with Crippen LogP contribution in [0.3, 0.4) is 0 Å². The molecule has 0 saturated carbocycles. The number of rotatable bonds is 7. The third-order valence-corrected chi connectivity index (χ3v) is 3.61. The van der Waals surface area contributed by atoms with Crippen LogP contribution in [0.25, 0.3) is 11.5 Å². The van der Waals surface area contributed by atoms with Gasteiger partial charge >= 0.3 is 6.08 Å². The second kappa shape index (κ2) is 7.91. The summed E-state index contributed by atoms with van der Waals surface area (Å²) in [5.74, 6) is -0.0707. The largest absolute Gasteiger partial charge is 0.493 e. The molecular weight excluding hydrogens is 333 g/mol. The van der Waals surface area contributed by atoms with Crippen LogP contribution in [0, 0.1) is 0 Å². The van der Waals surface area contributed by atoms with E-state index in [1.807, 2.05) is 0 Å². The van der Waals surface area contributed by atoms with Gasteiger partial charge in [-0.1, -0.05) is 11.8 Å². The molecule has 0 saturated heterocycles. The van der Waals surface area contributed by atoms with Gasteiger partial charge in [0.1, 0.15) is 0 Å². The molecule has 9 heteroatoms. The average Bonchev–Trinajstić information content (AvgIpc) is 3.02.